The Morgan fingerprint density at radius 1 is 1.08 bits per heavy atom. The van der Waals surface area contributed by atoms with Crippen molar-refractivity contribution in [3.05, 3.63) is 0 Å². The molecular weight excluding hydrogens is 324 g/mol. The van der Waals surface area contributed by atoms with E-state index < -0.39 is 29.6 Å². The fraction of sp³-hybridized carbons (Fsp3) is 0.833. The van der Waals surface area contributed by atoms with Gasteiger partial charge in [-0.3, -0.25) is 4.79 Å². The predicted octanol–water partition coefficient (Wildman–Crippen LogP) is 2.23. The summed E-state index contributed by atoms with van der Waals surface area (Å²) in [5, 5.41) is 2.73. The molecule has 2 amide bonds. The highest BCUT2D eigenvalue weighted by Gasteiger charge is 2.42. The predicted molar refractivity (Wildman–Crippen MR) is 91.9 cm³/mol. The summed E-state index contributed by atoms with van der Waals surface area (Å²) in [6.45, 7) is 6.14. The smallest absolute Gasteiger partial charge is 0.408 e. The SMILES string of the molecule is COC(=O)[C@@H]1CCCN1C(=O)[C@@H](NC(=O)OC1CCCC1)C(C)(C)C. The molecule has 2 fully saturated rings. The standard InChI is InChI=1S/C18H30N2O5/c1-18(2,3)14(19-17(23)25-12-8-5-6-9-12)15(21)20-11-7-10-13(20)16(22)24-4/h12-14H,5-11H2,1-4H3,(H,19,23)/t13-,14+/m0/s1. The monoisotopic (exact) mass is 354 g/mol. The number of hydrogen-bond donors (Lipinski definition) is 1. The molecule has 0 aromatic carbocycles. The molecule has 0 aromatic heterocycles. The van der Waals surface area contributed by atoms with Gasteiger partial charge in [0.1, 0.15) is 18.2 Å². The first-order chi connectivity index (χ1) is 11.7. The molecule has 0 unspecified atom stereocenters. The highest BCUT2D eigenvalue weighted by atomic mass is 16.6. The lowest BCUT2D eigenvalue weighted by Gasteiger charge is -2.35. The molecule has 1 heterocycles. The first-order valence-electron chi connectivity index (χ1n) is 9.09. The normalized spacial score (nSPS) is 22.6. The van der Waals surface area contributed by atoms with Crippen LogP contribution in [0.5, 0.6) is 0 Å². The number of ether oxygens (including phenoxy) is 2. The van der Waals surface area contributed by atoms with E-state index in [1.807, 2.05) is 20.8 Å². The third-order valence-corrected chi connectivity index (χ3v) is 4.96. The van der Waals surface area contributed by atoms with Gasteiger partial charge in [0.2, 0.25) is 5.91 Å². The Balaban J connectivity index is 2.06. The fourth-order valence-corrected chi connectivity index (χ4v) is 3.54. The number of rotatable bonds is 4. The number of carbonyl (C=O) groups excluding carboxylic acids is 3. The van der Waals surface area contributed by atoms with Crippen LogP contribution in [0, 0.1) is 5.41 Å². The number of methoxy groups -OCH3 is 1. The van der Waals surface area contributed by atoms with Gasteiger partial charge in [0.15, 0.2) is 0 Å². The number of alkyl carbamates (subject to hydrolysis) is 1. The summed E-state index contributed by atoms with van der Waals surface area (Å²) >= 11 is 0. The molecule has 1 saturated carbocycles. The van der Waals surface area contributed by atoms with E-state index in [0.717, 1.165) is 32.1 Å². The second-order valence-electron chi connectivity index (χ2n) is 7.97. The van der Waals surface area contributed by atoms with E-state index in [-0.39, 0.29) is 12.0 Å². The molecule has 0 spiro atoms. The Hall–Kier alpha value is -1.79. The van der Waals surface area contributed by atoms with Gasteiger partial charge < -0.3 is 19.7 Å². The van der Waals surface area contributed by atoms with Crippen molar-refractivity contribution in [2.45, 2.75) is 77.5 Å². The third-order valence-electron chi connectivity index (χ3n) is 4.96. The van der Waals surface area contributed by atoms with Crippen molar-refractivity contribution < 1.29 is 23.9 Å². The van der Waals surface area contributed by atoms with Crippen molar-refractivity contribution in [3.63, 3.8) is 0 Å². The lowest BCUT2D eigenvalue weighted by molar-refractivity contribution is -0.152. The summed E-state index contributed by atoms with van der Waals surface area (Å²) in [5.41, 5.74) is -0.505. The summed E-state index contributed by atoms with van der Waals surface area (Å²) in [7, 11) is 1.32. The minimum absolute atomic E-state index is 0.0645. The Morgan fingerprint density at radius 2 is 1.72 bits per heavy atom. The van der Waals surface area contributed by atoms with E-state index in [0.29, 0.717) is 13.0 Å². The number of hydrogen-bond acceptors (Lipinski definition) is 5. The Labute approximate surface area is 149 Å². The van der Waals surface area contributed by atoms with Gasteiger partial charge in [-0.25, -0.2) is 9.59 Å². The molecule has 2 atom stereocenters. The minimum Gasteiger partial charge on any atom is -0.467 e. The van der Waals surface area contributed by atoms with Gasteiger partial charge in [0, 0.05) is 6.54 Å². The first kappa shape index (κ1) is 19.5. The van der Waals surface area contributed by atoms with Crippen LogP contribution in [0.15, 0.2) is 0 Å². The molecule has 1 aliphatic carbocycles. The fourth-order valence-electron chi connectivity index (χ4n) is 3.54. The topological polar surface area (TPSA) is 84.9 Å². The van der Waals surface area contributed by atoms with E-state index in [9.17, 15) is 14.4 Å². The summed E-state index contributed by atoms with van der Waals surface area (Å²) < 4.78 is 10.2. The molecule has 2 aliphatic rings. The van der Waals surface area contributed by atoms with Crippen LogP contribution in [0.2, 0.25) is 0 Å². The quantitative estimate of drug-likeness (QED) is 0.783. The molecule has 142 valence electrons. The summed E-state index contributed by atoms with van der Waals surface area (Å²) in [6.07, 6.45) is 4.58. The van der Waals surface area contributed by atoms with Crippen molar-refractivity contribution in [1.29, 1.82) is 0 Å². The zero-order valence-corrected chi connectivity index (χ0v) is 15.7. The van der Waals surface area contributed by atoms with Crippen molar-refractivity contribution >= 4 is 18.0 Å². The summed E-state index contributed by atoms with van der Waals surface area (Å²) in [5.74, 6) is -0.671. The second-order valence-corrected chi connectivity index (χ2v) is 7.97. The highest BCUT2D eigenvalue weighted by molar-refractivity contribution is 5.90. The van der Waals surface area contributed by atoms with E-state index in [1.54, 1.807) is 0 Å². The maximum absolute atomic E-state index is 13.0. The van der Waals surface area contributed by atoms with Crippen molar-refractivity contribution in [1.82, 2.24) is 10.2 Å². The molecule has 2 rings (SSSR count). The highest BCUT2D eigenvalue weighted by Crippen LogP contribution is 2.27. The van der Waals surface area contributed by atoms with Gasteiger partial charge in [-0.1, -0.05) is 20.8 Å². The lowest BCUT2D eigenvalue weighted by Crippen LogP contribution is -2.57. The minimum atomic E-state index is -0.758. The average Bonchev–Trinajstić information content (AvgIpc) is 3.21. The average molecular weight is 354 g/mol. The Morgan fingerprint density at radius 3 is 2.28 bits per heavy atom. The number of esters is 1. The van der Waals surface area contributed by atoms with E-state index >= 15 is 0 Å². The zero-order chi connectivity index (χ0) is 18.6. The van der Waals surface area contributed by atoms with Gasteiger partial charge in [0.25, 0.3) is 0 Å². The van der Waals surface area contributed by atoms with Crippen LogP contribution in [0.3, 0.4) is 0 Å². The maximum Gasteiger partial charge on any atom is 0.408 e. The largest absolute Gasteiger partial charge is 0.467 e. The van der Waals surface area contributed by atoms with E-state index in [2.05, 4.69) is 5.32 Å². The summed E-state index contributed by atoms with van der Waals surface area (Å²) in [4.78, 5) is 38.7. The first-order valence-corrected chi connectivity index (χ1v) is 9.09. The molecule has 7 nitrogen and oxygen atoms in total. The van der Waals surface area contributed by atoms with Crippen LogP contribution in [-0.4, -0.2) is 54.7 Å². The van der Waals surface area contributed by atoms with Gasteiger partial charge in [-0.15, -0.1) is 0 Å². The number of likely N-dealkylation sites (tertiary alicyclic amines) is 1. The maximum atomic E-state index is 13.0. The molecular formula is C18H30N2O5. The van der Waals surface area contributed by atoms with Gasteiger partial charge in [-0.2, -0.15) is 0 Å². The van der Waals surface area contributed by atoms with Gasteiger partial charge in [0.05, 0.1) is 7.11 Å². The van der Waals surface area contributed by atoms with Crippen LogP contribution >= 0.6 is 0 Å². The van der Waals surface area contributed by atoms with E-state index in [4.69, 9.17) is 9.47 Å². The molecule has 0 bridgehead atoms. The van der Waals surface area contributed by atoms with Crippen LogP contribution in [0.4, 0.5) is 4.79 Å². The van der Waals surface area contributed by atoms with E-state index in [1.165, 1.54) is 12.0 Å². The molecule has 7 heteroatoms. The molecule has 0 radical (unpaired) electrons. The number of carbonyl (C=O) groups is 3. The van der Waals surface area contributed by atoms with Crippen LogP contribution < -0.4 is 5.32 Å². The van der Waals surface area contributed by atoms with Gasteiger partial charge in [-0.05, 0) is 43.9 Å². The molecule has 25 heavy (non-hydrogen) atoms. The lowest BCUT2D eigenvalue weighted by atomic mass is 9.85. The second kappa shape index (κ2) is 8.06. The molecule has 1 saturated heterocycles. The van der Waals surface area contributed by atoms with Crippen molar-refractivity contribution in [2.24, 2.45) is 5.41 Å². The number of nitrogens with zero attached hydrogens (tertiary/aromatic N) is 1. The molecule has 1 N–H and O–H groups in total. The van der Waals surface area contributed by atoms with Crippen molar-refractivity contribution in [2.75, 3.05) is 13.7 Å². The Bertz CT molecular complexity index is 508. The van der Waals surface area contributed by atoms with Crippen molar-refractivity contribution in [3.8, 4) is 0 Å². The summed E-state index contributed by atoms with van der Waals surface area (Å²) in [6, 6.07) is -1.33. The number of nitrogens with one attached hydrogen (secondary N) is 1. The molecule has 0 aromatic rings. The third kappa shape index (κ3) is 4.86. The number of amides is 2. The molecule has 1 aliphatic heterocycles. The van der Waals surface area contributed by atoms with Crippen LogP contribution in [0.25, 0.3) is 0 Å². The Kier molecular flexibility index (Phi) is 6.30. The van der Waals surface area contributed by atoms with Crippen LogP contribution in [-0.2, 0) is 19.1 Å². The zero-order valence-electron chi connectivity index (χ0n) is 15.7. The van der Waals surface area contributed by atoms with Crippen LogP contribution in [0.1, 0.15) is 59.3 Å². The van der Waals surface area contributed by atoms with Gasteiger partial charge >= 0.3 is 12.1 Å².